The number of rotatable bonds is 4. The lowest BCUT2D eigenvalue weighted by atomic mass is 9.88. The van der Waals surface area contributed by atoms with Crippen molar-refractivity contribution in [3.8, 4) is 11.4 Å². The summed E-state index contributed by atoms with van der Waals surface area (Å²) in [7, 11) is 1.89. The Morgan fingerprint density at radius 2 is 2.00 bits per heavy atom. The van der Waals surface area contributed by atoms with Crippen molar-refractivity contribution in [2.75, 3.05) is 25.0 Å². The van der Waals surface area contributed by atoms with E-state index in [1.165, 1.54) is 36.9 Å². The quantitative estimate of drug-likeness (QED) is 0.595. The van der Waals surface area contributed by atoms with Gasteiger partial charge in [0.1, 0.15) is 5.69 Å². The number of H-pyrrole nitrogens is 2. The van der Waals surface area contributed by atoms with Crippen LogP contribution in [-0.2, 0) is 17.6 Å². The zero-order valence-electron chi connectivity index (χ0n) is 18.9. The lowest BCUT2D eigenvalue weighted by Crippen LogP contribution is -2.47. The van der Waals surface area contributed by atoms with E-state index in [1.807, 2.05) is 20.0 Å². The number of nitrogens with zero attached hydrogens (tertiary/aromatic N) is 3. The highest BCUT2D eigenvalue weighted by Crippen LogP contribution is 2.33. The fraction of sp³-hybridized carbons (Fsp3) is 0.538. The average molecular weight is 436 g/mol. The molecule has 1 amide bonds. The average Bonchev–Trinajstić information content (AvgIpc) is 3.40. The van der Waals surface area contributed by atoms with Gasteiger partial charge in [0.25, 0.3) is 0 Å². The Bertz CT molecular complexity index is 1090. The van der Waals surface area contributed by atoms with Crippen LogP contribution in [0.3, 0.4) is 0 Å². The van der Waals surface area contributed by atoms with Crippen LogP contribution >= 0.6 is 0 Å². The zero-order chi connectivity index (χ0) is 21.5. The molecule has 0 spiro atoms. The Hall–Kier alpha value is -2.60. The summed E-state index contributed by atoms with van der Waals surface area (Å²) in [5.41, 5.74) is 6.70. The highest BCUT2D eigenvalue weighted by molar-refractivity contribution is 5.98. The Kier molecular flexibility index (Phi) is 6.42. The molecular formula is C26H37N5O. The summed E-state index contributed by atoms with van der Waals surface area (Å²) in [5, 5.41) is 9.04. The topological polar surface area (TPSA) is 68.0 Å². The normalized spacial score (nSPS) is 19.9. The van der Waals surface area contributed by atoms with E-state index in [4.69, 9.17) is 0 Å². The lowest BCUT2D eigenvalue weighted by Gasteiger charge is -2.33. The minimum Gasteiger partial charge on any atom is -0.353 e. The van der Waals surface area contributed by atoms with Gasteiger partial charge in [-0.3, -0.25) is 14.8 Å². The van der Waals surface area contributed by atoms with Crippen LogP contribution < -0.4 is 4.90 Å². The molecule has 1 saturated heterocycles. The minimum absolute atomic E-state index is 0. The number of benzene rings is 1. The Balaban J connectivity index is 0.00000245. The largest absolute Gasteiger partial charge is 0.353 e. The molecule has 2 unspecified atom stereocenters. The van der Waals surface area contributed by atoms with E-state index in [0.29, 0.717) is 5.92 Å². The molecule has 3 heterocycles. The number of fused-ring (bicyclic) bond motifs is 2. The molecule has 172 valence electrons. The summed E-state index contributed by atoms with van der Waals surface area (Å²) in [6.07, 6.45) is 7.02. The maximum atomic E-state index is 13.1. The number of hydrogen-bond acceptors (Lipinski definition) is 3. The van der Waals surface area contributed by atoms with Crippen LogP contribution in [0.1, 0.15) is 58.2 Å². The Labute approximate surface area is 191 Å². The summed E-state index contributed by atoms with van der Waals surface area (Å²) in [6, 6.07) is 8.31. The number of piperidine rings is 1. The minimum atomic E-state index is -0.0850. The molecule has 32 heavy (non-hydrogen) atoms. The van der Waals surface area contributed by atoms with Crippen molar-refractivity contribution in [3.63, 3.8) is 0 Å². The number of hydrogen-bond donors (Lipinski definition) is 2. The number of anilines is 1. The molecule has 2 aromatic heterocycles. The molecule has 5 rings (SSSR count). The first-order valence-corrected chi connectivity index (χ1v) is 11.7. The van der Waals surface area contributed by atoms with E-state index >= 15 is 0 Å². The monoisotopic (exact) mass is 435 g/mol. The number of nitrogens with one attached hydrogen (secondary N) is 2. The van der Waals surface area contributed by atoms with Crippen LogP contribution in [0.5, 0.6) is 0 Å². The van der Waals surface area contributed by atoms with Crippen molar-refractivity contribution in [2.45, 2.75) is 65.8 Å². The van der Waals surface area contributed by atoms with Crippen LogP contribution in [0.25, 0.3) is 22.3 Å². The zero-order valence-corrected chi connectivity index (χ0v) is 18.9. The smallest absolute Gasteiger partial charge is 0.243 e. The number of amides is 1. The van der Waals surface area contributed by atoms with Crippen molar-refractivity contribution in [1.82, 2.24) is 20.1 Å². The number of aromatic amines is 2. The van der Waals surface area contributed by atoms with E-state index in [9.17, 15) is 4.79 Å². The number of carbonyl (C=O) groups excluding carboxylic acids is 1. The maximum absolute atomic E-state index is 13.1. The van der Waals surface area contributed by atoms with Crippen molar-refractivity contribution in [3.05, 3.63) is 35.5 Å². The molecule has 0 saturated carbocycles. The van der Waals surface area contributed by atoms with Crippen LogP contribution in [0.2, 0.25) is 0 Å². The third kappa shape index (κ3) is 4.08. The number of likely N-dealkylation sites (tertiary alicyclic amines) is 1. The molecule has 2 atom stereocenters. The van der Waals surface area contributed by atoms with Crippen LogP contribution in [0.4, 0.5) is 5.69 Å². The van der Waals surface area contributed by atoms with Gasteiger partial charge in [0.15, 0.2) is 0 Å². The molecule has 3 aromatic rings. The first-order valence-electron chi connectivity index (χ1n) is 11.7. The molecule has 1 aromatic carbocycles. The molecule has 6 nitrogen and oxygen atoms in total. The molecule has 0 bridgehead atoms. The first kappa shape index (κ1) is 22.6. The maximum Gasteiger partial charge on any atom is 0.243 e. The molecule has 6 heteroatoms. The number of carbonyl (C=O) groups is 1. The van der Waals surface area contributed by atoms with Crippen molar-refractivity contribution < 1.29 is 4.79 Å². The van der Waals surface area contributed by atoms with Crippen LogP contribution in [-0.4, -0.2) is 52.2 Å². The summed E-state index contributed by atoms with van der Waals surface area (Å²) in [5.74, 6) is 0.870. The molecule has 0 radical (unpaired) electrons. The molecular weight excluding hydrogens is 398 g/mol. The van der Waals surface area contributed by atoms with Gasteiger partial charge in [-0.05, 0) is 76.2 Å². The van der Waals surface area contributed by atoms with E-state index in [-0.39, 0.29) is 19.4 Å². The van der Waals surface area contributed by atoms with Crippen LogP contribution in [0, 0.1) is 5.92 Å². The van der Waals surface area contributed by atoms with Gasteiger partial charge in [-0.15, -0.1) is 0 Å². The Morgan fingerprint density at radius 1 is 1.22 bits per heavy atom. The van der Waals surface area contributed by atoms with Gasteiger partial charge < -0.3 is 9.88 Å². The molecule has 1 aliphatic heterocycles. The molecule has 2 aliphatic rings. The summed E-state index contributed by atoms with van der Waals surface area (Å²) >= 11 is 0. The van der Waals surface area contributed by atoms with E-state index in [1.54, 1.807) is 4.90 Å². The van der Waals surface area contributed by atoms with Crippen molar-refractivity contribution in [2.24, 2.45) is 5.92 Å². The predicted molar refractivity (Wildman–Crippen MR) is 132 cm³/mol. The lowest BCUT2D eigenvalue weighted by molar-refractivity contribution is -0.123. The van der Waals surface area contributed by atoms with Gasteiger partial charge in [0, 0.05) is 34.9 Å². The standard InChI is InChI=1S/C25H33N5O.CH4/c1-16-7-10-20-22(13-16)27-28-24(20)23-14-18-8-9-19(15-21(18)26-23)29(3)25(31)17(2)30-11-5-4-6-12-30;/h8-9,14-17,26H,4-7,10-13H2,1-3H3,(H,27,28);1H4. The number of aromatic nitrogens is 3. The van der Waals surface area contributed by atoms with Crippen molar-refractivity contribution >= 4 is 22.5 Å². The van der Waals surface area contributed by atoms with Crippen molar-refractivity contribution in [1.29, 1.82) is 0 Å². The summed E-state index contributed by atoms with van der Waals surface area (Å²) in [6.45, 7) is 6.38. The second kappa shape index (κ2) is 9.10. The fourth-order valence-electron chi connectivity index (χ4n) is 5.22. The molecule has 2 N–H and O–H groups in total. The third-order valence-corrected chi connectivity index (χ3v) is 7.27. The second-order valence-electron chi connectivity index (χ2n) is 9.50. The summed E-state index contributed by atoms with van der Waals surface area (Å²) < 4.78 is 0. The predicted octanol–water partition coefficient (Wildman–Crippen LogP) is 5.16. The first-order chi connectivity index (χ1) is 15.0. The summed E-state index contributed by atoms with van der Waals surface area (Å²) in [4.78, 5) is 20.8. The van der Waals surface area contributed by atoms with E-state index in [0.717, 1.165) is 53.9 Å². The van der Waals surface area contributed by atoms with Gasteiger partial charge in [0.2, 0.25) is 5.91 Å². The molecule has 1 aliphatic carbocycles. The second-order valence-corrected chi connectivity index (χ2v) is 9.50. The third-order valence-electron chi connectivity index (χ3n) is 7.27. The molecule has 1 fully saturated rings. The fourth-order valence-corrected chi connectivity index (χ4v) is 5.22. The van der Waals surface area contributed by atoms with E-state index < -0.39 is 0 Å². The SMILES string of the molecule is C.CC1CCc2c(-c3cc4ccc(N(C)C(=O)C(C)N5CCCCC5)cc4[nH]3)n[nH]c2C1. The Morgan fingerprint density at radius 3 is 2.78 bits per heavy atom. The van der Waals surface area contributed by atoms with Gasteiger partial charge in [-0.2, -0.15) is 5.10 Å². The highest BCUT2D eigenvalue weighted by Gasteiger charge is 2.26. The number of likely N-dealkylation sites (N-methyl/N-ethyl adjacent to an activating group) is 1. The van der Waals surface area contributed by atoms with Gasteiger partial charge in [-0.25, -0.2) is 0 Å². The van der Waals surface area contributed by atoms with Crippen LogP contribution in [0.15, 0.2) is 24.3 Å². The van der Waals surface area contributed by atoms with Gasteiger partial charge in [0.05, 0.1) is 11.7 Å². The van der Waals surface area contributed by atoms with Gasteiger partial charge >= 0.3 is 0 Å². The van der Waals surface area contributed by atoms with Gasteiger partial charge in [-0.1, -0.05) is 26.8 Å². The highest BCUT2D eigenvalue weighted by atomic mass is 16.2. The van der Waals surface area contributed by atoms with E-state index in [2.05, 4.69) is 45.2 Å².